The van der Waals surface area contributed by atoms with E-state index in [0.717, 1.165) is 5.56 Å². The van der Waals surface area contributed by atoms with Crippen molar-refractivity contribution in [2.75, 3.05) is 19.0 Å². The van der Waals surface area contributed by atoms with Crippen molar-refractivity contribution in [3.63, 3.8) is 0 Å². The van der Waals surface area contributed by atoms with Gasteiger partial charge >= 0.3 is 5.97 Å². The summed E-state index contributed by atoms with van der Waals surface area (Å²) in [6.07, 6.45) is 0. The van der Waals surface area contributed by atoms with E-state index >= 15 is 0 Å². The van der Waals surface area contributed by atoms with Crippen LogP contribution in [-0.2, 0) is 21.3 Å². The zero-order chi connectivity index (χ0) is 23.1. The van der Waals surface area contributed by atoms with Crippen LogP contribution in [0.1, 0.15) is 33.2 Å². The summed E-state index contributed by atoms with van der Waals surface area (Å²) < 4.78 is 31.9. The maximum absolute atomic E-state index is 12.8. The number of hydrogen-bond donors (Lipinski definition) is 1. The highest BCUT2D eigenvalue weighted by molar-refractivity contribution is 7.89. The molecule has 3 aromatic rings. The standard InChI is InChI=1S/C24H24N2O5S/c1-3-31-24(28)20-9-13-21(14-10-20)25-23(27)19-11-15-22(16-12-19)32(29,30)26(2)17-18-7-5-4-6-8-18/h4-16H,3,17H2,1-2H3,(H,25,27). The van der Waals surface area contributed by atoms with Gasteiger partial charge in [-0.1, -0.05) is 30.3 Å². The summed E-state index contributed by atoms with van der Waals surface area (Å²) in [4.78, 5) is 24.3. The second-order valence-corrected chi connectivity index (χ2v) is 9.07. The minimum absolute atomic E-state index is 0.103. The van der Waals surface area contributed by atoms with E-state index in [9.17, 15) is 18.0 Å². The lowest BCUT2D eigenvalue weighted by molar-refractivity contribution is 0.0526. The first kappa shape index (κ1) is 23.2. The maximum atomic E-state index is 12.8. The van der Waals surface area contributed by atoms with E-state index in [1.807, 2.05) is 30.3 Å². The normalized spacial score (nSPS) is 11.2. The summed E-state index contributed by atoms with van der Waals surface area (Å²) in [6.45, 7) is 2.25. The Kier molecular flexibility index (Phi) is 7.40. The van der Waals surface area contributed by atoms with Crippen LogP contribution in [0.25, 0.3) is 0 Å². The van der Waals surface area contributed by atoms with Crippen molar-refractivity contribution in [2.45, 2.75) is 18.4 Å². The van der Waals surface area contributed by atoms with E-state index in [0.29, 0.717) is 16.8 Å². The summed E-state index contributed by atoms with van der Waals surface area (Å²) in [5.41, 5.74) is 2.08. The predicted molar refractivity (Wildman–Crippen MR) is 122 cm³/mol. The molecule has 8 heteroatoms. The molecule has 32 heavy (non-hydrogen) atoms. The lowest BCUT2D eigenvalue weighted by Crippen LogP contribution is -2.26. The summed E-state index contributed by atoms with van der Waals surface area (Å²) in [7, 11) is -2.18. The number of carbonyl (C=O) groups is 2. The number of nitrogens with zero attached hydrogens (tertiary/aromatic N) is 1. The third kappa shape index (κ3) is 5.60. The molecule has 0 atom stereocenters. The van der Waals surface area contributed by atoms with E-state index < -0.39 is 21.9 Å². The largest absolute Gasteiger partial charge is 0.462 e. The number of benzene rings is 3. The third-order valence-corrected chi connectivity index (χ3v) is 6.54. The van der Waals surface area contributed by atoms with Gasteiger partial charge in [0.05, 0.1) is 17.1 Å². The average Bonchev–Trinajstić information content (AvgIpc) is 2.80. The number of rotatable bonds is 8. The Labute approximate surface area is 187 Å². The molecule has 0 unspecified atom stereocenters. The molecule has 0 heterocycles. The fourth-order valence-corrected chi connectivity index (χ4v) is 4.15. The summed E-state index contributed by atoms with van der Waals surface area (Å²) >= 11 is 0. The number of anilines is 1. The van der Waals surface area contributed by atoms with Crippen molar-refractivity contribution in [1.29, 1.82) is 0 Å². The number of carbonyl (C=O) groups excluding carboxylic acids is 2. The Bertz CT molecular complexity index is 1180. The molecular weight excluding hydrogens is 428 g/mol. The number of ether oxygens (including phenoxy) is 1. The van der Waals surface area contributed by atoms with Crippen LogP contribution in [0, 0.1) is 0 Å². The van der Waals surface area contributed by atoms with Crippen molar-refractivity contribution in [3.8, 4) is 0 Å². The number of sulfonamides is 1. The lowest BCUT2D eigenvalue weighted by atomic mass is 10.2. The maximum Gasteiger partial charge on any atom is 0.338 e. The molecule has 0 fully saturated rings. The number of esters is 1. The first-order valence-corrected chi connectivity index (χ1v) is 11.4. The van der Waals surface area contributed by atoms with Gasteiger partial charge in [-0.15, -0.1) is 0 Å². The van der Waals surface area contributed by atoms with Crippen molar-refractivity contribution >= 4 is 27.6 Å². The highest BCUT2D eigenvalue weighted by Crippen LogP contribution is 2.18. The Morgan fingerprint density at radius 3 is 2.06 bits per heavy atom. The SMILES string of the molecule is CCOC(=O)c1ccc(NC(=O)c2ccc(S(=O)(=O)N(C)Cc3ccccc3)cc2)cc1. The quantitative estimate of drug-likeness (QED) is 0.523. The van der Waals surface area contributed by atoms with Gasteiger partial charge in [0.2, 0.25) is 10.0 Å². The first-order chi connectivity index (χ1) is 15.3. The topological polar surface area (TPSA) is 92.8 Å². The first-order valence-electron chi connectivity index (χ1n) is 10.00. The van der Waals surface area contributed by atoms with Crippen molar-refractivity contribution in [1.82, 2.24) is 4.31 Å². The Morgan fingerprint density at radius 1 is 0.875 bits per heavy atom. The van der Waals surface area contributed by atoms with Crippen LogP contribution in [0.15, 0.2) is 83.8 Å². The molecule has 0 radical (unpaired) electrons. The number of hydrogen-bond acceptors (Lipinski definition) is 5. The van der Waals surface area contributed by atoms with E-state index in [4.69, 9.17) is 4.74 Å². The summed E-state index contributed by atoms with van der Waals surface area (Å²) in [5.74, 6) is -0.824. The lowest BCUT2D eigenvalue weighted by Gasteiger charge is -2.17. The third-order valence-electron chi connectivity index (χ3n) is 4.73. The number of amides is 1. The molecule has 3 rings (SSSR count). The molecule has 0 saturated heterocycles. The predicted octanol–water partition coefficient (Wildman–Crippen LogP) is 3.94. The Morgan fingerprint density at radius 2 is 1.47 bits per heavy atom. The summed E-state index contributed by atoms with van der Waals surface area (Å²) in [5, 5.41) is 2.72. The molecular formula is C24H24N2O5S. The van der Waals surface area contributed by atoms with E-state index in [1.165, 1.54) is 35.6 Å². The van der Waals surface area contributed by atoms with Gasteiger partial charge in [-0.25, -0.2) is 13.2 Å². The molecule has 166 valence electrons. The van der Waals surface area contributed by atoms with Crippen LogP contribution in [0.2, 0.25) is 0 Å². The molecule has 0 spiro atoms. The fourth-order valence-electron chi connectivity index (χ4n) is 2.99. The molecule has 0 saturated carbocycles. The second-order valence-electron chi connectivity index (χ2n) is 7.02. The molecule has 0 aliphatic carbocycles. The van der Waals surface area contributed by atoms with Gasteiger partial charge in [-0.2, -0.15) is 4.31 Å². The van der Waals surface area contributed by atoms with E-state index in [-0.39, 0.29) is 18.0 Å². The Hall–Kier alpha value is -3.49. The van der Waals surface area contributed by atoms with Gasteiger partial charge in [0.15, 0.2) is 0 Å². The van der Waals surface area contributed by atoms with Crippen molar-refractivity contribution in [2.24, 2.45) is 0 Å². The van der Waals surface area contributed by atoms with Crippen LogP contribution in [0.5, 0.6) is 0 Å². The average molecular weight is 453 g/mol. The molecule has 0 aliphatic rings. The van der Waals surface area contributed by atoms with Gasteiger partial charge in [0, 0.05) is 24.8 Å². The molecule has 0 aliphatic heterocycles. The van der Waals surface area contributed by atoms with Crippen LogP contribution in [0.3, 0.4) is 0 Å². The minimum Gasteiger partial charge on any atom is -0.462 e. The van der Waals surface area contributed by atoms with Crippen LogP contribution < -0.4 is 5.32 Å². The van der Waals surface area contributed by atoms with Gasteiger partial charge in [-0.3, -0.25) is 4.79 Å². The highest BCUT2D eigenvalue weighted by Gasteiger charge is 2.21. The van der Waals surface area contributed by atoms with Crippen molar-refractivity contribution < 1.29 is 22.7 Å². The van der Waals surface area contributed by atoms with Gasteiger partial charge in [0.25, 0.3) is 5.91 Å². The van der Waals surface area contributed by atoms with Gasteiger partial charge in [0.1, 0.15) is 0 Å². The molecule has 0 aromatic heterocycles. The summed E-state index contributed by atoms with van der Waals surface area (Å²) in [6, 6.07) is 21.4. The minimum atomic E-state index is -3.70. The molecule has 1 amide bonds. The smallest absolute Gasteiger partial charge is 0.338 e. The Balaban J connectivity index is 1.66. The van der Waals surface area contributed by atoms with Crippen LogP contribution in [0.4, 0.5) is 5.69 Å². The zero-order valence-electron chi connectivity index (χ0n) is 17.8. The molecule has 7 nitrogen and oxygen atoms in total. The van der Waals surface area contributed by atoms with E-state index in [2.05, 4.69) is 5.32 Å². The number of nitrogens with one attached hydrogen (secondary N) is 1. The zero-order valence-corrected chi connectivity index (χ0v) is 18.6. The fraction of sp³-hybridized carbons (Fsp3) is 0.167. The monoisotopic (exact) mass is 452 g/mol. The van der Waals surface area contributed by atoms with Crippen LogP contribution in [-0.4, -0.2) is 38.3 Å². The molecule has 3 aromatic carbocycles. The van der Waals surface area contributed by atoms with Gasteiger partial charge < -0.3 is 10.1 Å². The molecule has 1 N–H and O–H groups in total. The highest BCUT2D eigenvalue weighted by atomic mass is 32.2. The van der Waals surface area contributed by atoms with Gasteiger partial charge in [-0.05, 0) is 61.0 Å². The second kappa shape index (κ2) is 10.2. The van der Waals surface area contributed by atoms with Crippen molar-refractivity contribution in [3.05, 3.63) is 95.6 Å². The molecule has 0 bridgehead atoms. The van der Waals surface area contributed by atoms with E-state index in [1.54, 1.807) is 31.2 Å². The van der Waals surface area contributed by atoms with Crippen LogP contribution >= 0.6 is 0 Å².